The van der Waals surface area contributed by atoms with Crippen LogP contribution in [0.2, 0.25) is 0 Å². The topological polar surface area (TPSA) is 45.7 Å². The highest BCUT2D eigenvalue weighted by atomic mass is 16.5. The molecule has 4 rings (SSSR count). The Morgan fingerprint density at radius 2 is 1.93 bits per heavy atom. The van der Waals surface area contributed by atoms with Crippen molar-refractivity contribution < 1.29 is 9.53 Å². The number of allylic oxidation sites excluding steroid dienone is 1. The number of hydrogen-bond donors (Lipinski definition) is 0. The van der Waals surface area contributed by atoms with Crippen LogP contribution in [0.4, 0.5) is 0 Å². The summed E-state index contributed by atoms with van der Waals surface area (Å²) >= 11 is 0. The Morgan fingerprint density at radius 1 is 1.07 bits per heavy atom. The van der Waals surface area contributed by atoms with Crippen LogP contribution in [-0.2, 0) is 17.9 Å². The van der Waals surface area contributed by atoms with Gasteiger partial charge < -0.3 is 9.64 Å². The number of benzene rings is 1. The molecule has 5 nitrogen and oxygen atoms in total. The fraction of sp³-hybridized carbons (Fsp3) is 0.440. The summed E-state index contributed by atoms with van der Waals surface area (Å²) < 4.78 is 5.34. The van der Waals surface area contributed by atoms with Crippen molar-refractivity contribution in [2.45, 2.75) is 32.4 Å². The Morgan fingerprint density at radius 3 is 2.70 bits per heavy atom. The third-order valence-corrected chi connectivity index (χ3v) is 6.33. The van der Waals surface area contributed by atoms with E-state index in [9.17, 15) is 4.79 Å². The van der Waals surface area contributed by atoms with Gasteiger partial charge in [-0.05, 0) is 68.1 Å². The second-order valence-electron chi connectivity index (χ2n) is 8.32. The normalized spacial score (nSPS) is 20.9. The number of aromatic nitrogens is 1. The van der Waals surface area contributed by atoms with Gasteiger partial charge in [0, 0.05) is 31.7 Å². The molecule has 1 aromatic heterocycles. The van der Waals surface area contributed by atoms with Crippen molar-refractivity contribution in [2.75, 3.05) is 26.7 Å². The van der Waals surface area contributed by atoms with Gasteiger partial charge in [0.25, 0.3) is 0 Å². The van der Waals surface area contributed by atoms with Crippen molar-refractivity contribution in [1.82, 2.24) is 14.8 Å². The van der Waals surface area contributed by atoms with Crippen molar-refractivity contribution in [3.63, 3.8) is 0 Å². The molecule has 1 saturated heterocycles. The Labute approximate surface area is 179 Å². The third-order valence-electron chi connectivity index (χ3n) is 6.33. The molecule has 0 radical (unpaired) electrons. The van der Waals surface area contributed by atoms with Gasteiger partial charge in [-0.3, -0.25) is 14.7 Å². The number of hydrogen-bond acceptors (Lipinski definition) is 4. The van der Waals surface area contributed by atoms with Crippen LogP contribution >= 0.6 is 0 Å². The SMILES string of the molecule is COc1cccc(CN2CC=CC[C@@H](C3CCN(Cc4ccccn4)CC3)C2=O)c1. The quantitative estimate of drug-likeness (QED) is 0.684. The molecule has 3 heterocycles. The number of likely N-dealkylation sites (tertiary alicyclic amines) is 1. The number of nitrogens with zero attached hydrogens (tertiary/aromatic N) is 3. The summed E-state index contributed by atoms with van der Waals surface area (Å²) in [4.78, 5) is 22.3. The second-order valence-corrected chi connectivity index (χ2v) is 8.32. The minimum absolute atomic E-state index is 0.0892. The fourth-order valence-electron chi connectivity index (χ4n) is 4.63. The van der Waals surface area contributed by atoms with Crippen LogP contribution in [0.25, 0.3) is 0 Å². The lowest BCUT2D eigenvalue weighted by atomic mass is 9.81. The molecule has 0 saturated carbocycles. The van der Waals surface area contributed by atoms with E-state index in [1.807, 2.05) is 41.4 Å². The van der Waals surface area contributed by atoms with Gasteiger partial charge >= 0.3 is 0 Å². The van der Waals surface area contributed by atoms with Crippen LogP contribution < -0.4 is 4.74 Å². The molecule has 1 atom stereocenters. The molecule has 0 bridgehead atoms. The smallest absolute Gasteiger partial charge is 0.226 e. The molecule has 0 unspecified atom stereocenters. The monoisotopic (exact) mass is 405 g/mol. The molecule has 0 spiro atoms. The van der Waals surface area contributed by atoms with Crippen LogP contribution in [0.5, 0.6) is 5.75 Å². The number of methoxy groups -OCH3 is 1. The molecule has 0 N–H and O–H groups in total. The number of piperidine rings is 1. The Bertz CT molecular complexity index is 860. The van der Waals surface area contributed by atoms with Crippen molar-refractivity contribution in [1.29, 1.82) is 0 Å². The highest BCUT2D eigenvalue weighted by Crippen LogP contribution is 2.31. The zero-order valence-electron chi connectivity index (χ0n) is 17.7. The predicted molar refractivity (Wildman–Crippen MR) is 118 cm³/mol. The molecule has 1 fully saturated rings. The first-order chi connectivity index (χ1) is 14.7. The van der Waals surface area contributed by atoms with Gasteiger partial charge in [-0.2, -0.15) is 0 Å². The third kappa shape index (κ3) is 5.08. The van der Waals surface area contributed by atoms with E-state index in [1.54, 1.807) is 7.11 Å². The lowest BCUT2D eigenvalue weighted by Gasteiger charge is -2.36. The molecule has 5 heteroatoms. The number of amides is 1. The summed E-state index contributed by atoms with van der Waals surface area (Å²) in [5.74, 6) is 1.67. The Balaban J connectivity index is 1.36. The zero-order valence-corrected chi connectivity index (χ0v) is 17.7. The number of ether oxygens (including phenoxy) is 1. The summed E-state index contributed by atoms with van der Waals surface area (Å²) in [6.45, 7) is 4.28. The highest BCUT2D eigenvalue weighted by Gasteiger charge is 2.34. The summed E-state index contributed by atoms with van der Waals surface area (Å²) in [6, 6.07) is 14.1. The van der Waals surface area contributed by atoms with Gasteiger partial charge in [0.2, 0.25) is 5.91 Å². The number of carbonyl (C=O) groups excluding carboxylic acids is 1. The largest absolute Gasteiger partial charge is 0.497 e. The first-order valence-corrected chi connectivity index (χ1v) is 10.9. The van der Waals surface area contributed by atoms with Crippen molar-refractivity contribution in [3.05, 3.63) is 72.1 Å². The maximum Gasteiger partial charge on any atom is 0.226 e. The zero-order chi connectivity index (χ0) is 20.8. The van der Waals surface area contributed by atoms with E-state index in [0.29, 0.717) is 24.9 Å². The van der Waals surface area contributed by atoms with E-state index in [-0.39, 0.29) is 5.92 Å². The van der Waals surface area contributed by atoms with Gasteiger partial charge in [0.1, 0.15) is 5.75 Å². The molecule has 1 amide bonds. The van der Waals surface area contributed by atoms with Gasteiger partial charge in [0.05, 0.1) is 12.8 Å². The minimum Gasteiger partial charge on any atom is -0.497 e. The maximum absolute atomic E-state index is 13.4. The maximum atomic E-state index is 13.4. The summed E-state index contributed by atoms with van der Waals surface area (Å²) in [7, 11) is 1.68. The van der Waals surface area contributed by atoms with Crippen molar-refractivity contribution in [3.8, 4) is 5.75 Å². The van der Waals surface area contributed by atoms with E-state index >= 15 is 0 Å². The van der Waals surface area contributed by atoms with Crippen LogP contribution in [0.15, 0.2) is 60.8 Å². The highest BCUT2D eigenvalue weighted by molar-refractivity contribution is 5.80. The van der Waals surface area contributed by atoms with E-state index in [2.05, 4.69) is 34.2 Å². The van der Waals surface area contributed by atoms with Gasteiger partial charge in [-0.1, -0.05) is 30.4 Å². The number of carbonyl (C=O) groups is 1. The average Bonchev–Trinajstić information content (AvgIpc) is 2.97. The molecule has 158 valence electrons. The number of pyridine rings is 1. The predicted octanol–water partition coefficient (Wildman–Crippen LogP) is 3.91. The molecule has 2 aliphatic rings. The van der Waals surface area contributed by atoms with Crippen molar-refractivity contribution >= 4 is 5.91 Å². The van der Waals surface area contributed by atoms with E-state index in [4.69, 9.17) is 4.74 Å². The molecule has 0 aliphatic carbocycles. The summed E-state index contributed by atoms with van der Waals surface area (Å²) in [5, 5.41) is 0. The summed E-state index contributed by atoms with van der Waals surface area (Å²) in [5.41, 5.74) is 2.23. The minimum atomic E-state index is 0.0892. The second kappa shape index (κ2) is 9.90. The van der Waals surface area contributed by atoms with Gasteiger partial charge in [0.15, 0.2) is 0 Å². The van der Waals surface area contributed by atoms with Crippen molar-refractivity contribution in [2.24, 2.45) is 11.8 Å². The van der Waals surface area contributed by atoms with Crippen LogP contribution in [0.3, 0.4) is 0 Å². The molecule has 1 aromatic carbocycles. The molecule has 30 heavy (non-hydrogen) atoms. The first kappa shape index (κ1) is 20.6. The van der Waals surface area contributed by atoms with E-state index in [0.717, 1.165) is 55.9 Å². The molecular weight excluding hydrogens is 374 g/mol. The molecular formula is C25H31N3O2. The van der Waals surface area contributed by atoms with E-state index < -0.39 is 0 Å². The molecule has 2 aliphatic heterocycles. The molecule has 2 aromatic rings. The summed E-state index contributed by atoms with van der Waals surface area (Å²) in [6.07, 6.45) is 9.21. The van der Waals surface area contributed by atoms with Gasteiger partial charge in [-0.15, -0.1) is 0 Å². The Kier molecular flexibility index (Phi) is 6.80. The first-order valence-electron chi connectivity index (χ1n) is 10.9. The van der Waals surface area contributed by atoms with Gasteiger partial charge in [-0.25, -0.2) is 0 Å². The lowest BCUT2D eigenvalue weighted by molar-refractivity contribution is -0.137. The lowest BCUT2D eigenvalue weighted by Crippen LogP contribution is -2.42. The fourth-order valence-corrected chi connectivity index (χ4v) is 4.63. The van der Waals surface area contributed by atoms with Crippen LogP contribution in [-0.4, -0.2) is 47.4 Å². The average molecular weight is 406 g/mol. The van der Waals surface area contributed by atoms with E-state index in [1.165, 1.54) is 0 Å². The Hall–Kier alpha value is -2.66. The number of rotatable bonds is 6. The van der Waals surface area contributed by atoms with Crippen LogP contribution in [0.1, 0.15) is 30.5 Å². The standard InChI is InChI=1S/C25H31N3O2/c1-30-23-9-6-7-20(17-23)18-28-14-5-3-10-24(25(28)29)21-11-15-27(16-12-21)19-22-8-2-4-13-26-22/h2-9,13,17,21,24H,10-12,14-16,18-19H2,1H3/t24-/m0/s1. The van der Waals surface area contributed by atoms with Crippen LogP contribution in [0, 0.1) is 11.8 Å².